The molecule has 0 atom stereocenters. The molecule has 1 amide bonds. The number of anilines is 1. The zero-order chi connectivity index (χ0) is 20.3. The van der Waals surface area contributed by atoms with E-state index < -0.39 is 10.0 Å². The van der Waals surface area contributed by atoms with Crippen molar-refractivity contribution in [2.45, 2.75) is 31.2 Å². The predicted molar refractivity (Wildman–Crippen MR) is 108 cm³/mol. The summed E-state index contributed by atoms with van der Waals surface area (Å²) in [5.41, 5.74) is 1.26. The summed E-state index contributed by atoms with van der Waals surface area (Å²) >= 11 is 5.82. The third kappa shape index (κ3) is 4.67. The Morgan fingerprint density at radius 2 is 2.04 bits per heavy atom. The van der Waals surface area contributed by atoms with Gasteiger partial charge in [-0.05, 0) is 38.1 Å². The molecule has 3 aromatic rings. The minimum Gasteiger partial charge on any atom is -0.325 e. The molecule has 28 heavy (non-hydrogen) atoms. The van der Waals surface area contributed by atoms with Gasteiger partial charge in [0.1, 0.15) is 0 Å². The Hall–Kier alpha value is -2.49. The Labute approximate surface area is 168 Å². The SMILES string of the molecule is CC(C)n1ncc2cc(NC(=O)CCNS(=O)(=O)c3cccc(Cl)c3)cnc21. The van der Waals surface area contributed by atoms with Crippen LogP contribution in [-0.4, -0.2) is 35.6 Å². The van der Waals surface area contributed by atoms with E-state index in [-0.39, 0.29) is 29.8 Å². The number of nitrogens with zero attached hydrogens (tertiary/aromatic N) is 3. The van der Waals surface area contributed by atoms with Crippen molar-refractivity contribution in [1.29, 1.82) is 0 Å². The van der Waals surface area contributed by atoms with E-state index >= 15 is 0 Å². The predicted octanol–water partition coefficient (Wildman–Crippen LogP) is 2.97. The van der Waals surface area contributed by atoms with E-state index in [2.05, 4.69) is 20.1 Å². The molecule has 2 aromatic heterocycles. The van der Waals surface area contributed by atoms with Crippen molar-refractivity contribution >= 4 is 44.3 Å². The largest absolute Gasteiger partial charge is 0.325 e. The number of nitrogens with one attached hydrogen (secondary N) is 2. The highest BCUT2D eigenvalue weighted by Crippen LogP contribution is 2.19. The molecule has 0 radical (unpaired) electrons. The molecule has 0 saturated heterocycles. The lowest BCUT2D eigenvalue weighted by Gasteiger charge is -2.09. The molecule has 0 aliphatic rings. The first-order valence-electron chi connectivity index (χ1n) is 8.64. The number of hydrogen-bond donors (Lipinski definition) is 2. The van der Waals surface area contributed by atoms with Gasteiger partial charge in [-0.2, -0.15) is 5.10 Å². The fourth-order valence-corrected chi connectivity index (χ4v) is 3.96. The quantitative estimate of drug-likeness (QED) is 0.610. The lowest BCUT2D eigenvalue weighted by atomic mass is 10.3. The van der Waals surface area contributed by atoms with E-state index in [1.807, 2.05) is 13.8 Å². The Balaban J connectivity index is 1.58. The van der Waals surface area contributed by atoms with Crippen LogP contribution in [0.2, 0.25) is 5.02 Å². The first-order chi connectivity index (χ1) is 13.3. The van der Waals surface area contributed by atoms with Gasteiger partial charge < -0.3 is 5.32 Å². The number of carbonyl (C=O) groups is 1. The average Bonchev–Trinajstić information content (AvgIpc) is 3.05. The Morgan fingerprint density at radius 3 is 2.75 bits per heavy atom. The van der Waals surface area contributed by atoms with Gasteiger partial charge in [-0.3, -0.25) is 4.79 Å². The topological polar surface area (TPSA) is 106 Å². The van der Waals surface area contributed by atoms with Gasteiger partial charge in [-0.1, -0.05) is 17.7 Å². The van der Waals surface area contributed by atoms with Gasteiger partial charge >= 0.3 is 0 Å². The molecule has 3 rings (SSSR count). The van der Waals surface area contributed by atoms with Crippen molar-refractivity contribution in [2.24, 2.45) is 0 Å². The van der Waals surface area contributed by atoms with Crippen LogP contribution in [0, 0.1) is 0 Å². The lowest BCUT2D eigenvalue weighted by Crippen LogP contribution is -2.27. The van der Waals surface area contributed by atoms with E-state index in [1.165, 1.54) is 12.1 Å². The highest BCUT2D eigenvalue weighted by Gasteiger charge is 2.15. The zero-order valence-corrected chi connectivity index (χ0v) is 17.0. The number of aromatic nitrogens is 3. The minimum absolute atomic E-state index is 0.0247. The molecule has 0 aliphatic carbocycles. The second kappa shape index (κ2) is 8.26. The molecule has 0 unspecified atom stereocenters. The molecule has 2 N–H and O–H groups in total. The van der Waals surface area contributed by atoms with Gasteiger partial charge in [0.2, 0.25) is 15.9 Å². The van der Waals surface area contributed by atoms with Crippen molar-refractivity contribution in [2.75, 3.05) is 11.9 Å². The summed E-state index contributed by atoms with van der Waals surface area (Å²) in [6, 6.07) is 7.88. The third-order valence-electron chi connectivity index (χ3n) is 3.96. The molecule has 0 saturated carbocycles. The van der Waals surface area contributed by atoms with E-state index in [4.69, 9.17) is 11.6 Å². The van der Waals surface area contributed by atoms with Crippen LogP contribution in [0.1, 0.15) is 26.3 Å². The van der Waals surface area contributed by atoms with Crippen LogP contribution in [0.15, 0.2) is 47.6 Å². The number of benzene rings is 1. The van der Waals surface area contributed by atoms with Crippen molar-refractivity contribution in [3.63, 3.8) is 0 Å². The fraction of sp³-hybridized carbons (Fsp3) is 0.278. The smallest absolute Gasteiger partial charge is 0.240 e. The summed E-state index contributed by atoms with van der Waals surface area (Å²) in [7, 11) is -3.72. The molecule has 0 spiro atoms. The van der Waals surface area contributed by atoms with E-state index in [0.717, 1.165) is 11.0 Å². The van der Waals surface area contributed by atoms with Crippen molar-refractivity contribution < 1.29 is 13.2 Å². The Morgan fingerprint density at radius 1 is 1.25 bits per heavy atom. The summed E-state index contributed by atoms with van der Waals surface area (Å²) in [4.78, 5) is 16.5. The van der Waals surface area contributed by atoms with Gasteiger partial charge in [0, 0.05) is 29.4 Å². The molecule has 8 nitrogen and oxygen atoms in total. The van der Waals surface area contributed by atoms with Crippen molar-refractivity contribution in [3.05, 3.63) is 47.7 Å². The Bertz CT molecular complexity index is 1110. The minimum atomic E-state index is -3.72. The summed E-state index contributed by atoms with van der Waals surface area (Å²) in [5, 5.41) is 8.13. The number of pyridine rings is 1. The summed E-state index contributed by atoms with van der Waals surface area (Å²) in [6.45, 7) is 3.98. The highest BCUT2D eigenvalue weighted by molar-refractivity contribution is 7.89. The number of rotatable bonds is 7. The van der Waals surface area contributed by atoms with Crippen LogP contribution in [0.25, 0.3) is 11.0 Å². The second-order valence-corrected chi connectivity index (χ2v) is 8.68. The van der Waals surface area contributed by atoms with Crippen LogP contribution in [0.5, 0.6) is 0 Å². The number of halogens is 1. The fourth-order valence-electron chi connectivity index (χ4n) is 2.63. The first kappa shape index (κ1) is 20.2. The number of hydrogen-bond acceptors (Lipinski definition) is 5. The van der Waals surface area contributed by atoms with Gasteiger partial charge in [-0.15, -0.1) is 0 Å². The van der Waals surface area contributed by atoms with Gasteiger partial charge in [-0.25, -0.2) is 22.8 Å². The Kier molecular flexibility index (Phi) is 5.97. The summed E-state index contributed by atoms with van der Waals surface area (Å²) in [5.74, 6) is -0.328. The highest BCUT2D eigenvalue weighted by atomic mass is 35.5. The second-order valence-electron chi connectivity index (χ2n) is 6.47. The molecule has 2 heterocycles. The van der Waals surface area contributed by atoms with Gasteiger partial charge in [0.15, 0.2) is 5.65 Å². The summed E-state index contributed by atoms with van der Waals surface area (Å²) < 4.78 is 28.6. The zero-order valence-electron chi connectivity index (χ0n) is 15.4. The molecular weight excluding hydrogens is 402 g/mol. The molecule has 148 valence electrons. The monoisotopic (exact) mass is 421 g/mol. The van der Waals surface area contributed by atoms with Crippen LogP contribution in [-0.2, 0) is 14.8 Å². The van der Waals surface area contributed by atoms with Crippen LogP contribution >= 0.6 is 11.6 Å². The van der Waals surface area contributed by atoms with Crippen molar-refractivity contribution in [1.82, 2.24) is 19.5 Å². The number of sulfonamides is 1. The van der Waals surface area contributed by atoms with Gasteiger partial charge in [0.05, 0.1) is 23.0 Å². The lowest BCUT2D eigenvalue weighted by molar-refractivity contribution is -0.116. The maximum atomic E-state index is 12.2. The van der Waals surface area contributed by atoms with E-state index in [1.54, 1.807) is 35.3 Å². The van der Waals surface area contributed by atoms with E-state index in [0.29, 0.717) is 10.7 Å². The first-order valence-corrected chi connectivity index (χ1v) is 10.5. The maximum Gasteiger partial charge on any atom is 0.240 e. The number of fused-ring (bicyclic) bond motifs is 1. The standard InChI is InChI=1S/C18H20ClN5O3S/c1-12(2)24-18-13(10-21-24)8-15(11-20-18)23-17(25)6-7-22-28(26,27)16-5-3-4-14(19)9-16/h3-5,8-12,22H,6-7H2,1-2H3,(H,23,25). The third-order valence-corrected chi connectivity index (χ3v) is 5.65. The van der Waals surface area contributed by atoms with Crippen LogP contribution in [0.4, 0.5) is 5.69 Å². The molecule has 0 bridgehead atoms. The summed E-state index contributed by atoms with van der Waals surface area (Å²) in [6.07, 6.45) is 3.22. The molecular formula is C18H20ClN5O3S. The van der Waals surface area contributed by atoms with Gasteiger partial charge in [0.25, 0.3) is 0 Å². The van der Waals surface area contributed by atoms with E-state index in [9.17, 15) is 13.2 Å². The maximum absolute atomic E-state index is 12.2. The molecule has 1 aromatic carbocycles. The number of amides is 1. The normalized spacial score (nSPS) is 11.9. The number of carbonyl (C=O) groups excluding carboxylic acids is 1. The molecule has 0 fully saturated rings. The van der Waals surface area contributed by atoms with Crippen molar-refractivity contribution in [3.8, 4) is 0 Å². The average molecular weight is 422 g/mol. The van der Waals surface area contributed by atoms with Crippen LogP contribution in [0.3, 0.4) is 0 Å². The molecule has 10 heteroatoms. The molecule has 0 aliphatic heterocycles. The van der Waals surface area contributed by atoms with Crippen LogP contribution < -0.4 is 10.0 Å².